The van der Waals surface area contributed by atoms with Crippen molar-refractivity contribution in [2.24, 2.45) is 11.7 Å². The Hall–Kier alpha value is -0.750. The summed E-state index contributed by atoms with van der Waals surface area (Å²) in [6.45, 7) is 2.65. The van der Waals surface area contributed by atoms with Gasteiger partial charge in [0.2, 0.25) is 20.0 Å². The van der Waals surface area contributed by atoms with Crippen LogP contribution in [0.25, 0.3) is 0 Å². The number of ether oxygens (including phenoxy) is 1. The van der Waals surface area contributed by atoms with E-state index in [9.17, 15) is 16.8 Å². The van der Waals surface area contributed by atoms with Crippen LogP contribution in [0.15, 0.2) is 34.1 Å². The second-order valence-electron chi connectivity index (χ2n) is 6.24. The van der Waals surface area contributed by atoms with E-state index < -0.39 is 20.0 Å². The molecule has 1 unspecified atom stereocenters. The first-order valence-electron chi connectivity index (χ1n) is 8.24. The molecule has 26 heavy (non-hydrogen) atoms. The normalized spacial score (nSPS) is 22.9. The number of hydrogen-bond acceptors (Lipinski definition) is 6. The SMILES string of the molecule is Cl.NCC1CCN(S(=O)(=O)c2ccc(S(=O)(=O)N3CCOCC3)cc2)C1. The molecule has 2 aliphatic rings. The van der Waals surface area contributed by atoms with Gasteiger partial charge in [0.05, 0.1) is 23.0 Å². The smallest absolute Gasteiger partial charge is 0.243 e. The lowest BCUT2D eigenvalue weighted by molar-refractivity contribution is 0.0730. The Balaban J connectivity index is 0.00000243. The zero-order valence-electron chi connectivity index (χ0n) is 14.3. The first-order chi connectivity index (χ1) is 11.9. The molecule has 0 amide bonds. The molecule has 0 spiro atoms. The Bertz CT molecular complexity index is 808. The molecule has 2 N–H and O–H groups in total. The third-order valence-electron chi connectivity index (χ3n) is 4.65. The van der Waals surface area contributed by atoms with Crippen molar-refractivity contribution >= 4 is 32.5 Å². The maximum atomic E-state index is 12.7. The Morgan fingerprint density at radius 1 is 0.923 bits per heavy atom. The highest BCUT2D eigenvalue weighted by atomic mass is 35.5. The van der Waals surface area contributed by atoms with Gasteiger partial charge in [-0.3, -0.25) is 0 Å². The van der Waals surface area contributed by atoms with Crippen LogP contribution in [-0.2, 0) is 24.8 Å². The minimum absolute atomic E-state index is 0. The molecule has 2 aliphatic heterocycles. The standard InChI is InChI=1S/C15H23N3O5S2.ClH/c16-11-13-5-6-18(12-13)25(21,22)15-3-1-14(2-4-15)24(19,20)17-7-9-23-10-8-17;/h1-4,13H,5-12,16H2;1H. The third kappa shape index (κ3) is 4.22. The molecule has 1 aromatic rings. The van der Waals surface area contributed by atoms with Crippen molar-refractivity contribution in [3.8, 4) is 0 Å². The topological polar surface area (TPSA) is 110 Å². The quantitative estimate of drug-likeness (QED) is 0.716. The first kappa shape index (κ1) is 21.5. The van der Waals surface area contributed by atoms with E-state index in [2.05, 4.69) is 0 Å². The average molecular weight is 426 g/mol. The van der Waals surface area contributed by atoms with Crippen molar-refractivity contribution in [3.63, 3.8) is 0 Å². The highest BCUT2D eigenvalue weighted by Gasteiger charge is 2.32. The van der Waals surface area contributed by atoms with E-state index in [0.29, 0.717) is 45.9 Å². The molecule has 1 aromatic carbocycles. The predicted octanol–water partition coefficient (Wildman–Crippen LogP) is 0.0986. The van der Waals surface area contributed by atoms with Crippen molar-refractivity contribution in [1.82, 2.24) is 8.61 Å². The van der Waals surface area contributed by atoms with Crippen LogP contribution in [-0.4, -0.2) is 71.4 Å². The van der Waals surface area contributed by atoms with Gasteiger partial charge in [-0.1, -0.05) is 0 Å². The van der Waals surface area contributed by atoms with Crippen molar-refractivity contribution in [1.29, 1.82) is 0 Å². The lowest BCUT2D eigenvalue weighted by Crippen LogP contribution is -2.40. The molecule has 0 aromatic heterocycles. The number of rotatable bonds is 5. The van der Waals surface area contributed by atoms with Crippen molar-refractivity contribution in [2.75, 3.05) is 45.9 Å². The summed E-state index contributed by atoms with van der Waals surface area (Å²) in [5, 5.41) is 0. The third-order valence-corrected chi connectivity index (χ3v) is 8.44. The zero-order valence-corrected chi connectivity index (χ0v) is 16.7. The summed E-state index contributed by atoms with van der Waals surface area (Å²) >= 11 is 0. The zero-order chi connectivity index (χ0) is 18.1. The molecule has 0 aliphatic carbocycles. The van der Waals surface area contributed by atoms with Gasteiger partial charge in [-0.25, -0.2) is 16.8 Å². The predicted molar refractivity (Wildman–Crippen MR) is 99.2 cm³/mol. The molecule has 2 saturated heterocycles. The number of morpholine rings is 1. The van der Waals surface area contributed by atoms with E-state index in [0.717, 1.165) is 6.42 Å². The Morgan fingerprint density at radius 3 is 1.88 bits per heavy atom. The molecular formula is C15H24ClN3O5S2. The summed E-state index contributed by atoms with van der Waals surface area (Å²) in [4.78, 5) is 0.195. The van der Waals surface area contributed by atoms with E-state index in [1.165, 1.54) is 32.9 Å². The van der Waals surface area contributed by atoms with Crippen molar-refractivity contribution in [3.05, 3.63) is 24.3 Å². The highest BCUT2D eigenvalue weighted by molar-refractivity contribution is 7.89. The number of sulfonamides is 2. The summed E-state index contributed by atoms with van der Waals surface area (Å²) in [6.07, 6.45) is 0.749. The highest BCUT2D eigenvalue weighted by Crippen LogP contribution is 2.25. The lowest BCUT2D eigenvalue weighted by atomic mass is 10.1. The number of nitrogens with zero attached hydrogens (tertiary/aromatic N) is 2. The van der Waals surface area contributed by atoms with Crippen LogP contribution in [0.3, 0.4) is 0 Å². The second kappa shape index (κ2) is 8.51. The lowest BCUT2D eigenvalue weighted by Gasteiger charge is -2.26. The van der Waals surface area contributed by atoms with Crippen LogP contribution < -0.4 is 5.73 Å². The monoisotopic (exact) mass is 425 g/mol. The van der Waals surface area contributed by atoms with Crippen LogP contribution in [0.4, 0.5) is 0 Å². The largest absolute Gasteiger partial charge is 0.379 e. The summed E-state index contributed by atoms with van der Waals surface area (Å²) in [5.74, 6) is 0.177. The van der Waals surface area contributed by atoms with E-state index in [4.69, 9.17) is 10.5 Å². The molecule has 0 radical (unpaired) electrons. The van der Waals surface area contributed by atoms with Crippen LogP contribution >= 0.6 is 12.4 Å². The molecular weight excluding hydrogens is 402 g/mol. The Labute approximate surface area is 160 Å². The van der Waals surface area contributed by atoms with Gasteiger partial charge in [-0.2, -0.15) is 8.61 Å². The van der Waals surface area contributed by atoms with Gasteiger partial charge in [0.25, 0.3) is 0 Å². The maximum absolute atomic E-state index is 12.7. The Kier molecular flexibility index (Phi) is 7.05. The summed E-state index contributed by atoms with van der Waals surface area (Å²) in [7, 11) is -7.25. The fourth-order valence-electron chi connectivity index (χ4n) is 3.08. The van der Waals surface area contributed by atoms with Gasteiger partial charge in [-0.15, -0.1) is 12.4 Å². The van der Waals surface area contributed by atoms with Crippen molar-refractivity contribution < 1.29 is 21.6 Å². The van der Waals surface area contributed by atoms with Crippen LogP contribution in [0, 0.1) is 5.92 Å². The van der Waals surface area contributed by atoms with Gasteiger partial charge in [0, 0.05) is 26.2 Å². The summed E-state index contributed by atoms with van der Waals surface area (Å²) in [6, 6.07) is 5.43. The van der Waals surface area contributed by atoms with Gasteiger partial charge >= 0.3 is 0 Å². The molecule has 11 heteroatoms. The van der Waals surface area contributed by atoms with E-state index in [-0.39, 0.29) is 28.1 Å². The minimum Gasteiger partial charge on any atom is -0.379 e. The van der Waals surface area contributed by atoms with E-state index in [1.807, 2.05) is 0 Å². The van der Waals surface area contributed by atoms with Crippen LogP contribution in [0.1, 0.15) is 6.42 Å². The summed E-state index contributed by atoms with van der Waals surface area (Å²) < 4.78 is 58.4. The van der Waals surface area contributed by atoms with Gasteiger partial charge in [0.1, 0.15) is 0 Å². The molecule has 8 nitrogen and oxygen atoms in total. The van der Waals surface area contributed by atoms with E-state index in [1.54, 1.807) is 0 Å². The number of benzene rings is 1. The van der Waals surface area contributed by atoms with Gasteiger partial charge < -0.3 is 10.5 Å². The Morgan fingerprint density at radius 2 is 1.42 bits per heavy atom. The van der Waals surface area contributed by atoms with Gasteiger partial charge in [0.15, 0.2) is 0 Å². The number of halogens is 1. The molecule has 2 heterocycles. The van der Waals surface area contributed by atoms with Crippen LogP contribution in [0.2, 0.25) is 0 Å². The fraction of sp³-hybridized carbons (Fsp3) is 0.600. The molecule has 1 atom stereocenters. The number of hydrogen-bond donors (Lipinski definition) is 1. The molecule has 0 saturated carbocycles. The maximum Gasteiger partial charge on any atom is 0.243 e. The average Bonchev–Trinajstić information content (AvgIpc) is 3.12. The minimum atomic E-state index is -3.63. The van der Waals surface area contributed by atoms with Crippen molar-refractivity contribution in [2.45, 2.75) is 16.2 Å². The van der Waals surface area contributed by atoms with E-state index >= 15 is 0 Å². The summed E-state index contributed by atoms with van der Waals surface area (Å²) in [5.41, 5.74) is 5.61. The first-order valence-corrected chi connectivity index (χ1v) is 11.1. The second-order valence-corrected chi connectivity index (χ2v) is 10.1. The molecule has 0 bridgehead atoms. The fourth-order valence-corrected chi connectivity index (χ4v) is 6.02. The molecule has 2 fully saturated rings. The van der Waals surface area contributed by atoms with Crippen LogP contribution in [0.5, 0.6) is 0 Å². The molecule has 148 valence electrons. The molecule has 3 rings (SSSR count). The number of nitrogens with two attached hydrogens (primary N) is 1. The van der Waals surface area contributed by atoms with Gasteiger partial charge in [-0.05, 0) is 43.1 Å².